The largest absolute Gasteiger partial charge is 0.506 e. The predicted octanol–water partition coefficient (Wildman–Crippen LogP) is 3.71. The third-order valence-corrected chi connectivity index (χ3v) is 3.29. The Hall–Kier alpha value is -3.14. The quantitative estimate of drug-likeness (QED) is 0.723. The van der Waals surface area contributed by atoms with Gasteiger partial charge in [-0.25, -0.2) is 0 Å². The van der Waals surface area contributed by atoms with Crippen LogP contribution in [0.25, 0.3) is 11.1 Å². The number of pyridine rings is 1. The molecule has 1 aromatic heterocycles. The maximum Gasteiger partial charge on any atom is 0.255 e. The Labute approximate surface area is 128 Å². The molecule has 3 rings (SSSR count). The second-order valence-corrected chi connectivity index (χ2v) is 4.79. The lowest BCUT2D eigenvalue weighted by atomic mass is 10.1. The van der Waals surface area contributed by atoms with Crippen LogP contribution in [0.5, 0.6) is 5.75 Å². The van der Waals surface area contributed by atoms with Gasteiger partial charge in [0.15, 0.2) is 0 Å². The summed E-state index contributed by atoms with van der Waals surface area (Å²) in [7, 11) is 0. The van der Waals surface area contributed by atoms with Crippen LogP contribution in [0.1, 0.15) is 10.4 Å². The zero-order valence-electron chi connectivity index (χ0n) is 11.7. The number of aromatic hydroxyl groups is 1. The minimum Gasteiger partial charge on any atom is -0.506 e. The molecule has 2 N–H and O–H groups in total. The van der Waals surface area contributed by atoms with Gasteiger partial charge in [0.25, 0.3) is 5.91 Å². The molecule has 0 saturated heterocycles. The third-order valence-electron chi connectivity index (χ3n) is 3.29. The van der Waals surface area contributed by atoms with Gasteiger partial charge in [0.1, 0.15) is 5.75 Å². The molecule has 0 aliphatic rings. The lowest BCUT2D eigenvalue weighted by molar-refractivity contribution is 0.102. The Morgan fingerprint density at radius 3 is 2.36 bits per heavy atom. The van der Waals surface area contributed by atoms with Gasteiger partial charge in [-0.3, -0.25) is 9.78 Å². The van der Waals surface area contributed by atoms with Gasteiger partial charge >= 0.3 is 0 Å². The molecule has 0 unspecified atom stereocenters. The number of phenolic OH excluding ortho intramolecular Hbond substituents is 1. The van der Waals surface area contributed by atoms with Crippen LogP contribution in [0.15, 0.2) is 73.1 Å². The maximum absolute atomic E-state index is 12.2. The Balaban J connectivity index is 1.78. The Kier molecular flexibility index (Phi) is 3.83. The number of anilines is 1. The van der Waals surface area contributed by atoms with E-state index >= 15 is 0 Å². The van der Waals surface area contributed by atoms with Crippen molar-refractivity contribution in [1.82, 2.24) is 4.98 Å². The van der Waals surface area contributed by atoms with Crippen LogP contribution in [-0.4, -0.2) is 16.0 Å². The first-order valence-corrected chi connectivity index (χ1v) is 6.84. The molecule has 4 nitrogen and oxygen atoms in total. The molecule has 0 spiro atoms. The van der Waals surface area contributed by atoms with Crippen molar-refractivity contribution in [2.45, 2.75) is 0 Å². The van der Waals surface area contributed by atoms with Crippen LogP contribution in [-0.2, 0) is 0 Å². The molecule has 0 bridgehead atoms. The van der Waals surface area contributed by atoms with Gasteiger partial charge in [0.2, 0.25) is 0 Å². The second-order valence-electron chi connectivity index (χ2n) is 4.79. The molecule has 0 atom stereocenters. The zero-order chi connectivity index (χ0) is 15.4. The van der Waals surface area contributed by atoms with E-state index in [2.05, 4.69) is 10.3 Å². The SMILES string of the molecule is O=C(Nc1ccccc1O)c1ccc(-c2cccnc2)cc1. The highest BCUT2D eigenvalue weighted by Gasteiger charge is 2.08. The standard InChI is InChI=1S/C18H14N2O2/c21-17-6-2-1-5-16(17)20-18(22)14-9-7-13(8-10-14)15-4-3-11-19-12-15/h1-12,21H,(H,20,22). The molecule has 0 aliphatic carbocycles. The monoisotopic (exact) mass is 290 g/mol. The number of nitrogens with one attached hydrogen (secondary N) is 1. The number of carbonyl (C=O) groups excluding carboxylic acids is 1. The normalized spacial score (nSPS) is 10.2. The Morgan fingerprint density at radius 2 is 1.68 bits per heavy atom. The molecule has 4 heteroatoms. The minimum atomic E-state index is -0.265. The zero-order valence-corrected chi connectivity index (χ0v) is 11.7. The lowest BCUT2D eigenvalue weighted by Crippen LogP contribution is -2.11. The summed E-state index contributed by atoms with van der Waals surface area (Å²) in [5.74, 6) is -0.220. The van der Waals surface area contributed by atoms with Crippen molar-refractivity contribution in [3.63, 3.8) is 0 Å². The van der Waals surface area contributed by atoms with Gasteiger partial charge in [-0.15, -0.1) is 0 Å². The lowest BCUT2D eigenvalue weighted by Gasteiger charge is -2.07. The number of benzene rings is 2. The molecule has 22 heavy (non-hydrogen) atoms. The van der Waals surface area contributed by atoms with Gasteiger partial charge in [0.05, 0.1) is 5.69 Å². The van der Waals surface area contributed by atoms with E-state index in [9.17, 15) is 9.90 Å². The van der Waals surface area contributed by atoms with Gasteiger partial charge < -0.3 is 10.4 Å². The van der Waals surface area contributed by atoms with Crippen LogP contribution in [0.3, 0.4) is 0 Å². The average Bonchev–Trinajstić information content (AvgIpc) is 2.58. The number of phenols is 1. The molecule has 108 valence electrons. The number of carbonyl (C=O) groups is 1. The smallest absolute Gasteiger partial charge is 0.255 e. The van der Waals surface area contributed by atoms with E-state index < -0.39 is 0 Å². The van der Waals surface area contributed by atoms with E-state index in [-0.39, 0.29) is 11.7 Å². The van der Waals surface area contributed by atoms with Gasteiger partial charge in [-0.1, -0.05) is 30.3 Å². The summed E-state index contributed by atoms with van der Waals surface area (Å²) in [6, 6.07) is 17.7. The van der Waals surface area contributed by atoms with Gasteiger partial charge in [-0.05, 0) is 41.5 Å². The van der Waals surface area contributed by atoms with Crippen molar-refractivity contribution in [2.75, 3.05) is 5.32 Å². The highest BCUT2D eigenvalue weighted by molar-refractivity contribution is 6.05. The Morgan fingerprint density at radius 1 is 0.909 bits per heavy atom. The summed E-state index contributed by atoms with van der Waals surface area (Å²) in [6.45, 7) is 0. The summed E-state index contributed by atoms with van der Waals surface area (Å²) >= 11 is 0. The van der Waals surface area contributed by atoms with Crippen molar-refractivity contribution >= 4 is 11.6 Å². The first-order valence-electron chi connectivity index (χ1n) is 6.84. The molecule has 0 radical (unpaired) electrons. The van der Waals surface area contributed by atoms with Crippen molar-refractivity contribution < 1.29 is 9.90 Å². The molecular formula is C18H14N2O2. The number of aromatic nitrogens is 1. The van der Waals surface area contributed by atoms with E-state index in [4.69, 9.17) is 0 Å². The Bertz CT molecular complexity index is 784. The summed E-state index contributed by atoms with van der Waals surface area (Å²) < 4.78 is 0. The fraction of sp³-hybridized carbons (Fsp3) is 0. The number of nitrogens with zero attached hydrogens (tertiary/aromatic N) is 1. The molecule has 0 saturated carbocycles. The predicted molar refractivity (Wildman–Crippen MR) is 85.7 cm³/mol. The van der Waals surface area contributed by atoms with E-state index in [1.165, 1.54) is 6.07 Å². The van der Waals surface area contributed by atoms with Crippen LogP contribution >= 0.6 is 0 Å². The van der Waals surface area contributed by atoms with E-state index in [0.717, 1.165) is 11.1 Å². The number of hydrogen-bond donors (Lipinski definition) is 2. The summed E-state index contributed by atoms with van der Waals surface area (Å²) in [5, 5.41) is 12.4. The third kappa shape index (κ3) is 2.96. The average molecular weight is 290 g/mol. The van der Waals surface area contributed by atoms with Gasteiger partial charge in [0, 0.05) is 18.0 Å². The summed E-state index contributed by atoms with van der Waals surface area (Å²) in [5.41, 5.74) is 2.90. The van der Waals surface area contributed by atoms with Crippen LogP contribution in [0, 0.1) is 0 Å². The molecule has 0 fully saturated rings. The van der Waals surface area contributed by atoms with E-state index in [1.54, 1.807) is 42.7 Å². The van der Waals surface area contributed by atoms with Crippen LogP contribution < -0.4 is 5.32 Å². The first-order chi connectivity index (χ1) is 10.7. The van der Waals surface area contributed by atoms with E-state index in [0.29, 0.717) is 11.3 Å². The van der Waals surface area contributed by atoms with E-state index in [1.807, 2.05) is 24.3 Å². The number of amides is 1. The second kappa shape index (κ2) is 6.10. The van der Waals surface area contributed by atoms with Crippen molar-refractivity contribution in [3.8, 4) is 16.9 Å². The summed E-state index contributed by atoms with van der Waals surface area (Å²) in [6.07, 6.45) is 3.49. The number of para-hydroxylation sites is 2. The highest BCUT2D eigenvalue weighted by Crippen LogP contribution is 2.23. The van der Waals surface area contributed by atoms with Gasteiger partial charge in [-0.2, -0.15) is 0 Å². The molecular weight excluding hydrogens is 276 g/mol. The first kappa shape index (κ1) is 13.8. The molecule has 3 aromatic rings. The number of rotatable bonds is 3. The molecule has 1 amide bonds. The molecule has 2 aromatic carbocycles. The number of hydrogen-bond acceptors (Lipinski definition) is 3. The van der Waals surface area contributed by atoms with Crippen molar-refractivity contribution in [3.05, 3.63) is 78.6 Å². The summed E-state index contributed by atoms with van der Waals surface area (Å²) in [4.78, 5) is 16.3. The van der Waals surface area contributed by atoms with Crippen LogP contribution in [0.2, 0.25) is 0 Å². The van der Waals surface area contributed by atoms with Crippen molar-refractivity contribution in [1.29, 1.82) is 0 Å². The topological polar surface area (TPSA) is 62.2 Å². The highest BCUT2D eigenvalue weighted by atomic mass is 16.3. The van der Waals surface area contributed by atoms with Crippen LogP contribution in [0.4, 0.5) is 5.69 Å². The fourth-order valence-electron chi connectivity index (χ4n) is 2.12. The van der Waals surface area contributed by atoms with Crippen molar-refractivity contribution in [2.24, 2.45) is 0 Å². The fourth-order valence-corrected chi connectivity index (χ4v) is 2.12. The maximum atomic E-state index is 12.2. The molecule has 0 aliphatic heterocycles. The minimum absolute atomic E-state index is 0.0443. The molecule has 1 heterocycles.